The molecule has 1 rings (SSSR count). The number of amides is 2. The van der Waals surface area contributed by atoms with E-state index < -0.39 is 11.8 Å². The van der Waals surface area contributed by atoms with Crippen molar-refractivity contribution < 1.29 is 14.3 Å². The maximum atomic E-state index is 11.5. The minimum atomic E-state index is -0.498. The lowest BCUT2D eigenvalue weighted by Crippen LogP contribution is -2.28. The van der Waals surface area contributed by atoms with Gasteiger partial charge in [0.15, 0.2) is 0 Å². The third-order valence-corrected chi connectivity index (χ3v) is 1.76. The van der Waals surface area contributed by atoms with Gasteiger partial charge in [0.25, 0.3) is 11.8 Å². The average Bonchev–Trinajstić information content (AvgIpc) is 2.30. The van der Waals surface area contributed by atoms with Crippen molar-refractivity contribution in [3.8, 4) is 0 Å². The average molecular weight is 219 g/mol. The van der Waals surface area contributed by atoms with Crippen LogP contribution in [0.4, 0.5) is 0 Å². The number of rotatable bonds is 4. The summed E-state index contributed by atoms with van der Waals surface area (Å²) in [7, 11) is 0. The molecule has 1 aromatic rings. The molecule has 4 heteroatoms. The lowest BCUT2D eigenvalue weighted by Gasteiger charge is -2.00. The van der Waals surface area contributed by atoms with Crippen molar-refractivity contribution in [3.63, 3.8) is 0 Å². The molecule has 1 aromatic carbocycles. The first kappa shape index (κ1) is 12.0. The highest BCUT2D eigenvalue weighted by Gasteiger charge is 2.06. The van der Waals surface area contributed by atoms with E-state index in [-0.39, 0.29) is 0 Å². The van der Waals surface area contributed by atoms with E-state index in [9.17, 15) is 9.59 Å². The first-order valence-corrected chi connectivity index (χ1v) is 4.92. The van der Waals surface area contributed by atoms with E-state index in [0.29, 0.717) is 12.2 Å². The summed E-state index contributed by atoms with van der Waals surface area (Å²) in [5.41, 5.74) is 0.445. The molecular weight excluding hydrogens is 206 g/mol. The molecular formula is C12H13NO3. The van der Waals surface area contributed by atoms with Crippen molar-refractivity contribution in [1.82, 2.24) is 5.32 Å². The summed E-state index contributed by atoms with van der Waals surface area (Å²) in [4.78, 5) is 22.7. The Morgan fingerprint density at radius 2 is 2.00 bits per heavy atom. The van der Waals surface area contributed by atoms with Crippen LogP contribution in [0.15, 0.2) is 42.7 Å². The Morgan fingerprint density at radius 3 is 2.62 bits per heavy atom. The Labute approximate surface area is 93.9 Å². The topological polar surface area (TPSA) is 55.4 Å². The molecule has 1 N–H and O–H groups in total. The molecule has 0 radical (unpaired) electrons. The van der Waals surface area contributed by atoms with Gasteiger partial charge in [0.05, 0.1) is 12.9 Å². The van der Waals surface area contributed by atoms with Crippen molar-refractivity contribution in [3.05, 3.63) is 48.2 Å². The molecule has 2 amide bonds. The first-order valence-electron chi connectivity index (χ1n) is 4.92. The fourth-order valence-corrected chi connectivity index (χ4v) is 1.02. The highest BCUT2D eigenvalue weighted by molar-refractivity contribution is 6.07. The van der Waals surface area contributed by atoms with Crippen LogP contribution >= 0.6 is 0 Å². The highest BCUT2D eigenvalue weighted by atomic mass is 16.5. The van der Waals surface area contributed by atoms with Crippen LogP contribution in [0.2, 0.25) is 0 Å². The third-order valence-electron chi connectivity index (χ3n) is 1.76. The molecule has 0 heterocycles. The molecule has 0 aliphatic carbocycles. The van der Waals surface area contributed by atoms with E-state index in [1.807, 2.05) is 0 Å². The largest absolute Gasteiger partial charge is 0.501 e. The van der Waals surface area contributed by atoms with Gasteiger partial charge in [0.1, 0.15) is 0 Å². The number of carbonyl (C=O) groups excluding carboxylic acids is 2. The van der Waals surface area contributed by atoms with Gasteiger partial charge in [-0.05, 0) is 19.1 Å². The van der Waals surface area contributed by atoms with E-state index in [1.165, 1.54) is 12.3 Å². The zero-order valence-electron chi connectivity index (χ0n) is 8.97. The van der Waals surface area contributed by atoms with Gasteiger partial charge in [-0.15, -0.1) is 0 Å². The Balaban J connectivity index is 2.49. The fraction of sp³-hybridized carbons (Fsp3) is 0.167. The van der Waals surface area contributed by atoms with Crippen molar-refractivity contribution in [2.24, 2.45) is 0 Å². The second kappa shape index (κ2) is 6.40. The van der Waals surface area contributed by atoms with Crippen molar-refractivity contribution in [1.29, 1.82) is 0 Å². The van der Waals surface area contributed by atoms with Crippen LogP contribution in [0.1, 0.15) is 17.3 Å². The highest BCUT2D eigenvalue weighted by Crippen LogP contribution is 1.97. The van der Waals surface area contributed by atoms with Crippen LogP contribution in [0.5, 0.6) is 0 Å². The monoisotopic (exact) mass is 219 g/mol. The predicted molar refractivity (Wildman–Crippen MR) is 59.7 cm³/mol. The van der Waals surface area contributed by atoms with Crippen LogP contribution in [-0.2, 0) is 9.53 Å². The molecule has 4 nitrogen and oxygen atoms in total. The number of hydrogen-bond donors (Lipinski definition) is 1. The molecule has 0 bridgehead atoms. The zero-order valence-corrected chi connectivity index (χ0v) is 8.97. The fourth-order valence-electron chi connectivity index (χ4n) is 1.02. The number of nitrogens with one attached hydrogen (secondary N) is 1. The standard InChI is InChI=1S/C12H13NO3/c1-2-16-9-8-11(14)13-12(15)10-6-4-3-5-7-10/h3-9H,2H2,1H3,(H,13,14,15). The second-order valence-corrected chi connectivity index (χ2v) is 2.94. The Kier molecular flexibility index (Phi) is 4.79. The molecule has 0 saturated heterocycles. The number of ether oxygens (including phenoxy) is 1. The van der Waals surface area contributed by atoms with Crippen LogP contribution in [0.3, 0.4) is 0 Å². The molecule has 0 fully saturated rings. The minimum Gasteiger partial charge on any atom is -0.501 e. The summed E-state index contributed by atoms with van der Waals surface area (Å²) >= 11 is 0. The van der Waals surface area contributed by atoms with Crippen molar-refractivity contribution in [2.75, 3.05) is 6.61 Å². The quantitative estimate of drug-likeness (QED) is 0.616. The van der Waals surface area contributed by atoms with Gasteiger partial charge >= 0.3 is 0 Å². The van der Waals surface area contributed by atoms with E-state index in [2.05, 4.69) is 5.32 Å². The minimum absolute atomic E-state index is 0.424. The third kappa shape index (κ3) is 3.96. The summed E-state index contributed by atoms with van der Waals surface area (Å²) < 4.78 is 4.84. The summed E-state index contributed by atoms with van der Waals surface area (Å²) in [6.07, 6.45) is 2.43. The first-order chi connectivity index (χ1) is 7.74. The van der Waals surface area contributed by atoms with Crippen molar-refractivity contribution >= 4 is 11.8 Å². The number of benzene rings is 1. The normalized spacial score (nSPS) is 10.1. The van der Waals surface area contributed by atoms with Crippen LogP contribution in [-0.4, -0.2) is 18.4 Å². The molecule has 0 aromatic heterocycles. The smallest absolute Gasteiger partial charge is 0.258 e. The Morgan fingerprint density at radius 1 is 1.31 bits per heavy atom. The molecule has 0 spiro atoms. The summed E-state index contributed by atoms with van der Waals surface area (Å²) in [5.74, 6) is -0.922. The van der Waals surface area contributed by atoms with Gasteiger partial charge < -0.3 is 4.74 Å². The van der Waals surface area contributed by atoms with Gasteiger partial charge in [-0.25, -0.2) is 0 Å². The Bertz CT molecular complexity index is 385. The zero-order chi connectivity index (χ0) is 11.8. The maximum absolute atomic E-state index is 11.5. The van der Waals surface area contributed by atoms with Crippen LogP contribution < -0.4 is 5.32 Å². The number of carbonyl (C=O) groups is 2. The van der Waals surface area contributed by atoms with Gasteiger partial charge in [-0.2, -0.15) is 0 Å². The summed E-state index contributed by atoms with van der Waals surface area (Å²) in [6, 6.07) is 8.53. The molecule has 0 aliphatic rings. The molecule has 0 saturated carbocycles. The molecule has 0 atom stereocenters. The SMILES string of the molecule is CCOC=CC(=O)NC(=O)c1ccccc1. The van der Waals surface area contributed by atoms with Crippen LogP contribution in [0.25, 0.3) is 0 Å². The number of imide groups is 1. The van der Waals surface area contributed by atoms with Gasteiger partial charge in [0.2, 0.25) is 0 Å². The van der Waals surface area contributed by atoms with E-state index in [0.717, 1.165) is 0 Å². The van der Waals surface area contributed by atoms with Gasteiger partial charge in [-0.3, -0.25) is 14.9 Å². The number of hydrogen-bond acceptors (Lipinski definition) is 3. The summed E-state index contributed by atoms with van der Waals surface area (Å²) in [5, 5.41) is 2.21. The van der Waals surface area contributed by atoms with E-state index >= 15 is 0 Å². The van der Waals surface area contributed by atoms with Gasteiger partial charge in [0, 0.05) is 11.6 Å². The molecule has 16 heavy (non-hydrogen) atoms. The molecule has 0 aliphatic heterocycles. The van der Waals surface area contributed by atoms with E-state index in [1.54, 1.807) is 37.3 Å². The maximum Gasteiger partial charge on any atom is 0.258 e. The second-order valence-electron chi connectivity index (χ2n) is 2.94. The van der Waals surface area contributed by atoms with Crippen molar-refractivity contribution in [2.45, 2.75) is 6.92 Å². The lowest BCUT2D eigenvalue weighted by molar-refractivity contribution is -0.115. The van der Waals surface area contributed by atoms with Gasteiger partial charge in [-0.1, -0.05) is 18.2 Å². The van der Waals surface area contributed by atoms with E-state index in [4.69, 9.17) is 4.74 Å². The lowest BCUT2D eigenvalue weighted by atomic mass is 10.2. The Hall–Kier alpha value is -2.10. The summed E-state index contributed by atoms with van der Waals surface area (Å²) in [6.45, 7) is 2.29. The molecule has 84 valence electrons. The van der Waals surface area contributed by atoms with Crippen LogP contribution in [0, 0.1) is 0 Å². The molecule has 0 unspecified atom stereocenters. The predicted octanol–water partition coefficient (Wildman–Crippen LogP) is 1.49.